The van der Waals surface area contributed by atoms with Gasteiger partial charge in [0.2, 0.25) is 0 Å². The first kappa shape index (κ1) is 12.9. The summed E-state index contributed by atoms with van der Waals surface area (Å²) in [5.41, 5.74) is -4.59. The molecule has 0 N–H and O–H groups in total. The van der Waals surface area contributed by atoms with Gasteiger partial charge in [-0.3, -0.25) is 4.79 Å². The first-order valence-corrected chi connectivity index (χ1v) is 5.53. The molecule has 0 aliphatic rings. The van der Waals surface area contributed by atoms with E-state index < -0.39 is 10.8 Å². The molecule has 0 heterocycles. The Balaban J connectivity index is 3.13. The summed E-state index contributed by atoms with van der Waals surface area (Å²) in [5, 5.41) is -0.908. The number of halogens is 5. The van der Waals surface area contributed by atoms with Gasteiger partial charge in [-0.25, -0.2) is 0 Å². The summed E-state index contributed by atoms with van der Waals surface area (Å²) in [7, 11) is 0. The number of carbonyl (C=O) groups is 1. The minimum atomic E-state index is -4.44. The Morgan fingerprint density at radius 1 is 1.40 bits per heavy atom. The van der Waals surface area contributed by atoms with Crippen LogP contribution in [-0.2, 0) is 0 Å². The SMILES string of the molecule is O=C(Cl)c1ccc(Br)cc1SC(F)(F)F. The number of carbonyl (C=O) groups excluding carboxylic acids is 1. The van der Waals surface area contributed by atoms with Crippen molar-refractivity contribution in [3.63, 3.8) is 0 Å². The number of benzene rings is 1. The molecule has 0 spiro atoms. The van der Waals surface area contributed by atoms with Crippen LogP contribution in [0.15, 0.2) is 27.6 Å². The van der Waals surface area contributed by atoms with Crippen molar-refractivity contribution in [3.05, 3.63) is 28.2 Å². The van der Waals surface area contributed by atoms with Crippen LogP contribution in [0.5, 0.6) is 0 Å². The summed E-state index contributed by atoms with van der Waals surface area (Å²) in [6, 6.07) is 3.90. The van der Waals surface area contributed by atoms with Crippen LogP contribution in [0.25, 0.3) is 0 Å². The highest BCUT2D eigenvalue weighted by Crippen LogP contribution is 2.39. The van der Waals surface area contributed by atoms with Crippen LogP contribution in [0.2, 0.25) is 0 Å². The van der Waals surface area contributed by atoms with Crippen molar-refractivity contribution in [1.29, 1.82) is 0 Å². The molecule has 0 atom stereocenters. The molecule has 0 bridgehead atoms. The molecule has 0 radical (unpaired) electrons. The van der Waals surface area contributed by atoms with Crippen molar-refractivity contribution < 1.29 is 18.0 Å². The fourth-order valence-electron chi connectivity index (χ4n) is 0.868. The molecule has 0 amide bonds. The topological polar surface area (TPSA) is 17.1 Å². The third-order valence-corrected chi connectivity index (χ3v) is 2.87. The lowest BCUT2D eigenvalue weighted by Gasteiger charge is -2.08. The molecule has 0 saturated heterocycles. The summed E-state index contributed by atoms with van der Waals surface area (Å²) in [6.07, 6.45) is 0. The maximum absolute atomic E-state index is 12.1. The number of hydrogen-bond donors (Lipinski definition) is 0. The number of rotatable bonds is 2. The van der Waals surface area contributed by atoms with Crippen LogP contribution in [0, 0.1) is 0 Å². The predicted octanol–water partition coefficient (Wildman–Crippen LogP) is 4.44. The summed E-state index contributed by atoms with van der Waals surface area (Å²) in [4.78, 5) is 10.6. The highest BCUT2D eigenvalue weighted by atomic mass is 79.9. The van der Waals surface area contributed by atoms with E-state index in [1.54, 1.807) is 0 Å². The number of alkyl halides is 3. The van der Waals surface area contributed by atoms with E-state index >= 15 is 0 Å². The zero-order chi connectivity index (χ0) is 11.6. The minimum absolute atomic E-state index is 0.151. The Labute approximate surface area is 101 Å². The van der Waals surface area contributed by atoms with E-state index in [9.17, 15) is 18.0 Å². The molecule has 0 saturated carbocycles. The molecule has 1 aromatic rings. The van der Waals surface area contributed by atoms with Gasteiger partial charge >= 0.3 is 5.51 Å². The second kappa shape index (κ2) is 4.76. The van der Waals surface area contributed by atoms with Gasteiger partial charge in [-0.15, -0.1) is 0 Å². The Kier molecular flexibility index (Phi) is 4.08. The van der Waals surface area contributed by atoms with Crippen molar-refractivity contribution in [1.82, 2.24) is 0 Å². The molecule has 0 aliphatic carbocycles. The average molecular weight is 320 g/mol. The van der Waals surface area contributed by atoms with E-state index in [0.717, 1.165) is 0 Å². The van der Waals surface area contributed by atoms with Gasteiger partial charge in [0.1, 0.15) is 0 Å². The third-order valence-electron chi connectivity index (χ3n) is 1.38. The van der Waals surface area contributed by atoms with Gasteiger partial charge in [0.15, 0.2) is 0 Å². The van der Waals surface area contributed by atoms with Gasteiger partial charge in [-0.05, 0) is 41.6 Å². The van der Waals surface area contributed by atoms with E-state index in [1.165, 1.54) is 18.2 Å². The lowest BCUT2D eigenvalue weighted by molar-refractivity contribution is -0.0328. The first-order chi connectivity index (χ1) is 6.79. The fraction of sp³-hybridized carbons (Fsp3) is 0.125. The fourth-order valence-corrected chi connectivity index (χ4v) is 2.31. The molecule has 1 nitrogen and oxygen atoms in total. The molecule has 1 aromatic carbocycles. The summed E-state index contributed by atoms with van der Waals surface area (Å²) < 4.78 is 36.8. The summed E-state index contributed by atoms with van der Waals surface area (Å²) in [5.74, 6) is 0. The van der Waals surface area contributed by atoms with E-state index in [2.05, 4.69) is 15.9 Å². The Morgan fingerprint density at radius 3 is 2.47 bits per heavy atom. The molecule has 0 aromatic heterocycles. The van der Waals surface area contributed by atoms with E-state index in [4.69, 9.17) is 11.6 Å². The zero-order valence-corrected chi connectivity index (χ0v) is 10.1. The summed E-state index contributed by atoms with van der Waals surface area (Å²) in [6.45, 7) is 0. The number of thioether (sulfide) groups is 1. The van der Waals surface area contributed by atoms with Crippen molar-refractivity contribution in [3.8, 4) is 0 Å². The molecular weight excluding hydrogens is 317 g/mol. The Morgan fingerprint density at radius 2 is 2.00 bits per heavy atom. The second-order valence-corrected chi connectivity index (χ2v) is 4.83. The molecule has 0 unspecified atom stereocenters. The normalized spacial score (nSPS) is 11.5. The van der Waals surface area contributed by atoms with E-state index in [1.807, 2.05) is 0 Å². The third kappa shape index (κ3) is 4.04. The lowest BCUT2D eigenvalue weighted by Crippen LogP contribution is -2.02. The van der Waals surface area contributed by atoms with Crippen molar-refractivity contribution in [2.24, 2.45) is 0 Å². The van der Waals surface area contributed by atoms with E-state index in [-0.39, 0.29) is 22.2 Å². The standard InChI is InChI=1S/C8H3BrClF3OS/c9-4-1-2-5(7(10)14)6(3-4)15-8(11,12)13/h1-3H. The van der Waals surface area contributed by atoms with Crippen molar-refractivity contribution in [2.45, 2.75) is 10.4 Å². The van der Waals surface area contributed by atoms with Gasteiger partial charge in [0.25, 0.3) is 5.24 Å². The zero-order valence-electron chi connectivity index (χ0n) is 6.94. The quantitative estimate of drug-likeness (QED) is 0.592. The van der Waals surface area contributed by atoms with E-state index in [0.29, 0.717) is 4.47 Å². The van der Waals surface area contributed by atoms with Gasteiger partial charge in [0, 0.05) is 14.9 Å². The molecular formula is C8H3BrClF3OS. The van der Waals surface area contributed by atoms with Gasteiger partial charge in [-0.1, -0.05) is 15.9 Å². The van der Waals surface area contributed by atoms with Crippen molar-refractivity contribution in [2.75, 3.05) is 0 Å². The second-order valence-electron chi connectivity index (χ2n) is 2.46. The van der Waals surface area contributed by atoms with Crippen LogP contribution in [-0.4, -0.2) is 10.8 Å². The maximum atomic E-state index is 12.1. The van der Waals surface area contributed by atoms with Gasteiger partial charge < -0.3 is 0 Å². The first-order valence-electron chi connectivity index (χ1n) is 3.55. The molecule has 0 fully saturated rings. The van der Waals surface area contributed by atoms with Crippen molar-refractivity contribution >= 4 is 44.5 Å². The largest absolute Gasteiger partial charge is 0.446 e. The maximum Gasteiger partial charge on any atom is 0.446 e. The summed E-state index contributed by atoms with van der Waals surface area (Å²) >= 11 is 7.81. The van der Waals surface area contributed by atoms with Crippen LogP contribution < -0.4 is 0 Å². The van der Waals surface area contributed by atoms with Crippen LogP contribution in [0.1, 0.15) is 10.4 Å². The minimum Gasteiger partial charge on any atom is -0.276 e. The smallest absolute Gasteiger partial charge is 0.276 e. The van der Waals surface area contributed by atoms with Gasteiger partial charge in [-0.2, -0.15) is 13.2 Å². The highest BCUT2D eigenvalue weighted by Gasteiger charge is 2.31. The highest BCUT2D eigenvalue weighted by molar-refractivity contribution is 9.10. The monoisotopic (exact) mass is 318 g/mol. The molecule has 15 heavy (non-hydrogen) atoms. The lowest BCUT2D eigenvalue weighted by atomic mass is 10.2. The average Bonchev–Trinajstić information content (AvgIpc) is 1.99. The van der Waals surface area contributed by atoms with Gasteiger partial charge in [0.05, 0.1) is 0 Å². The molecule has 7 heteroatoms. The molecule has 1 rings (SSSR count). The molecule has 0 aliphatic heterocycles. The Bertz CT molecular complexity index is 394. The van der Waals surface area contributed by atoms with Crippen LogP contribution in [0.4, 0.5) is 13.2 Å². The van der Waals surface area contributed by atoms with Crippen LogP contribution in [0.3, 0.4) is 0 Å². The predicted molar refractivity (Wildman–Crippen MR) is 56.2 cm³/mol. The van der Waals surface area contributed by atoms with Crippen LogP contribution >= 0.6 is 39.3 Å². The molecule has 82 valence electrons. The number of hydrogen-bond acceptors (Lipinski definition) is 2. The Hall–Kier alpha value is -0.200.